The van der Waals surface area contributed by atoms with Gasteiger partial charge in [0, 0.05) is 12.1 Å². The molecule has 0 saturated heterocycles. The largest absolute Gasteiger partial charge is 0.466 e. The summed E-state index contributed by atoms with van der Waals surface area (Å²) in [7, 11) is -3.84. The van der Waals surface area contributed by atoms with Crippen LogP contribution in [0.15, 0.2) is 11.2 Å². The van der Waals surface area contributed by atoms with E-state index in [1.54, 1.807) is 20.8 Å². The van der Waals surface area contributed by atoms with Crippen LogP contribution in [0.2, 0.25) is 0 Å². The van der Waals surface area contributed by atoms with Gasteiger partial charge in [-0.1, -0.05) is 19.1 Å². The zero-order valence-corrected chi connectivity index (χ0v) is 14.5. The van der Waals surface area contributed by atoms with E-state index in [0.29, 0.717) is 6.54 Å². The van der Waals surface area contributed by atoms with Gasteiger partial charge in [0.25, 0.3) is 10.0 Å². The molecule has 1 rings (SSSR count). The fourth-order valence-electron chi connectivity index (χ4n) is 1.90. The van der Waals surface area contributed by atoms with Gasteiger partial charge in [-0.3, -0.25) is 4.79 Å². The molecule has 1 aromatic rings. The third-order valence-corrected chi connectivity index (χ3v) is 5.22. The predicted molar refractivity (Wildman–Crippen MR) is 80.5 cm³/mol. The molecular weight excluding hydrogens is 308 g/mol. The van der Waals surface area contributed by atoms with Crippen LogP contribution in [0, 0.1) is 5.92 Å². The second-order valence-corrected chi connectivity index (χ2v) is 7.18. The summed E-state index contributed by atoms with van der Waals surface area (Å²) in [6.07, 6.45) is 1.14. The summed E-state index contributed by atoms with van der Waals surface area (Å²) in [5, 5.41) is 7.33. The summed E-state index contributed by atoms with van der Waals surface area (Å²) in [6.45, 7) is 9.49. The molecule has 8 nitrogen and oxygen atoms in total. The highest BCUT2D eigenvalue weighted by atomic mass is 32.2. The maximum Gasteiger partial charge on any atom is 0.307 e. The highest BCUT2D eigenvalue weighted by Crippen LogP contribution is 2.24. The number of nitrogens with zero attached hydrogens (tertiary/aromatic N) is 3. The molecule has 126 valence electrons. The number of aromatic nitrogens is 3. The van der Waals surface area contributed by atoms with Gasteiger partial charge in [-0.15, -0.1) is 5.10 Å². The molecule has 9 heteroatoms. The van der Waals surface area contributed by atoms with Gasteiger partial charge in [0.15, 0.2) is 5.03 Å². The molecule has 0 fully saturated rings. The van der Waals surface area contributed by atoms with E-state index in [2.05, 4.69) is 15.0 Å². The van der Waals surface area contributed by atoms with Crippen molar-refractivity contribution in [2.75, 3.05) is 6.61 Å². The molecule has 0 bridgehead atoms. The van der Waals surface area contributed by atoms with Crippen molar-refractivity contribution in [3.05, 3.63) is 6.20 Å². The average molecular weight is 332 g/mol. The van der Waals surface area contributed by atoms with Crippen LogP contribution >= 0.6 is 0 Å². The Morgan fingerprint density at radius 1 is 1.45 bits per heavy atom. The number of carbonyl (C=O) groups is 1. The predicted octanol–water partition coefficient (Wildman–Crippen LogP) is 0.944. The van der Waals surface area contributed by atoms with Crippen molar-refractivity contribution in [3.8, 4) is 0 Å². The standard InChI is InChI=1S/C13H24N4O4S/c1-6-17-11(9-14-16-17)22(19,20)15-13(5,10(3)4)8-12(18)21-7-2/h9-10,15H,6-8H2,1-5H3. The Bertz CT molecular complexity index is 611. The molecular formula is C13H24N4O4S. The second-order valence-electron chi connectivity index (χ2n) is 5.55. The van der Waals surface area contributed by atoms with Gasteiger partial charge in [-0.05, 0) is 26.7 Å². The first kappa shape index (κ1) is 18.6. The van der Waals surface area contributed by atoms with Gasteiger partial charge in [-0.25, -0.2) is 17.8 Å². The van der Waals surface area contributed by atoms with Crippen LogP contribution in [-0.4, -0.2) is 41.5 Å². The maximum absolute atomic E-state index is 12.6. The van der Waals surface area contributed by atoms with Crippen molar-refractivity contribution in [3.63, 3.8) is 0 Å². The third kappa shape index (κ3) is 4.26. The quantitative estimate of drug-likeness (QED) is 0.711. The first-order valence-corrected chi connectivity index (χ1v) is 8.72. The minimum atomic E-state index is -3.84. The molecule has 0 aromatic carbocycles. The first-order chi connectivity index (χ1) is 10.2. The van der Waals surface area contributed by atoms with Gasteiger partial charge in [0.1, 0.15) is 0 Å². The van der Waals surface area contributed by atoms with Gasteiger partial charge >= 0.3 is 5.97 Å². The molecule has 0 aliphatic rings. The number of hydrogen-bond acceptors (Lipinski definition) is 6. The molecule has 1 aromatic heterocycles. The number of rotatable bonds is 8. The molecule has 0 spiro atoms. The Labute approximate surface area is 131 Å². The number of ether oxygens (including phenoxy) is 1. The van der Waals surface area contributed by atoms with Crippen LogP contribution in [0.5, 0.6) is 0 Å². The average Bonchev–Trinajstić information content (AvgIpc) is 2.86. The summed E-state index contributed by atoms with van der Waals surface area (Å²) >= 11 is 0. The minimum Gasteiger partial charge on any atom is -0.466 e. The molecule has 0 radical (unpaired) electrons. The topological polar surface area (TPSA) is 103 Å². The summed E-state index contributed by atoms with van der Waals surface area (Å²) in [5.41, 5.74) is -0.964. The summed E-state index contributed by atoms with van der Waals surface area (Å²) in [5.74, 6) is -0.554. The van der Waals surface area contributed by atoms with Crippen LogP contribution in [0.1, 0.15) is 41.0 Å². The highest BCUT2D eigenvalue weighted by Gasteiger charge is 2.37. The number of carbonyl (C=O) groups excluding carboxylic acids is 1. The van der Waals surface area contributed by atoms with Crippen LogP contribution in [0.3, 0.4) is 0 Å². The number of aryl methyl sites for hydroxylation is 1. The number of sulfonamides is 1. The second kappa shape index (κ2) is 7.19. The smallest absolute Gasteiger partial charge is 0.307 e. The molecule has 0 saturated carbocycles. The zero-order valence-electron chi connectivity index (χ0n) is 13.7. The Balaban J connectivity index is 3.06. The maximum atomic E-state index is 12.6. The summed E-state index contributed by atoms with van der Waals surface area (Å²) in [4.78, 5) is 11.8. The molecule has 1 unspecified atom stereocenters. The van der Waals surface area contributed by atoms with Gasteiger partial charge in [-0.2, -0.15) is 0 Å². The van der Waals surface area contributed by atoms with E-state index in [-0.39, 0.29) is 24.0 Å². The van der Waals surface area contributed by atoms with Crippen molar-refractivity contribution in [1.82, 2.24) is 19.7 Å². The molecule has 1 heterocycles. The van der Waals surface area contributed by atoms with Crippen molar-refractivity contribution in [2.45, 2.75) is 58.1 Å². The highest BCUT2D eigenvalue weighted by molar-refractivity contribution is 7.89. The fraction of sp³-hybridized carbons (Fsp3) is 0.769. The lowest BCUT2D eigenvalue weighted by atomic mass is 9.86. The van der Waals surface area contributed by atoms with Gasteiger partial charge in [0.05, 0.1) is 19.2 Å². The molecule has 0 aliphatic heterocycles. The minimum absolute atomic E-state index is 0.0225. The Morgan fingerprint density at radius 2 is 2.09 bits per heavy atom. The van der Waals surface area contributed by atoms with E-state index < -0.39 is 21.5 Å². The van der Waals surface area contributed by atoms with Crippen molar-refractivity contribution in [1.29, 1.82) is 0 Å². The number of hydrogen-bond donors (Lipinski definition) is 1. The van der Waals surface area contributed by atoms with E-state index in [4.69, 9.17) is 4.74 Å². The van der Waals surface area contributed by atoms with Crippen molar-refractivity contribution >= 4 is 16.0 Å². The normalized spacial score (nSPS) is 14.8. The lowest BCUT2D eigenvalue weighted by Gasteiger charge is -2.33. The van der Waals surface area contributed by atoms with Crippen LogP contribution in [0.4, 0.5) is 0 Å². The number of nitrogens with one attached hydrogen (secondary N) is 1. The lowest BCUT2D eigenvalue weighted by molar-refractivity contribution is -0.145. The summed E-state index contributed by atoms with van der Waals surface area (Å²) in [6, 6.07) is 0. The van der Waals surface area contributed by atoms with Gasteiger partial charge in [0.2, 0.25) is 0 Å². The Kier molecular flexibility index (Phi) is 6.07. The van der Waals surface area contributed by atoms with E-state index >= 15 is 0 Å². The zero-order chi connectivity index (χ0) is 17.0. The van der Waals surface area contributed by atoms with E-state index in [9.17, 15) is 13.2 Å². The third-order valence-electron chi connectivity index (χ3n) is 3.62. The molecule has 0 amide bonds. The van der Waals surface area contributed by atoms with E-state index in [0.717, 1.165) is 0 Å². The SMILES string of the molecule is CCOC(=O)CC(C)(NS(=O)(=O)c1cnnn1CC)C(C)C. The first-order valence-electron chi connectivity index (χ1n) is 7.24. The van der Waals surface area contributed by atoms with Crippen LogP contribution in [-0.2, 0) is 26.1 Å². The molecule has 22 heavy (non-hydrogen) atoms. The molecule has 0 aliphatic carbocycles. The van der Waals surface area contributed by atoms with E-state index in [1.807, 2.05) is 13.8 Å². The summed E-state index contributed by atoms with van der Waals surface area (Å²) < 4.78 is 34.0. The fourth-order valence-corrected chi connectivity index (χ4v) is 3.56. The van der Waals surface area contributed by atoms with Gasteiger partial charge < -0.3 is 4.74 Å². The Morgan fingerprint density at radius 3 is 2.59 bits per heavy atom. The van der Waals surface area contributed by atoms with Crippen LogP contribution in [0.25, 0.3) is 0 Å². The van der Waals surface area contributed by atoms with Crippen molar-refractivity contribution < 1.29 is 17.9 Å². The number of esters is 1. The lowest BCUT2D eigenvalue weighted by Crippen LogP contribution is -2.51. The monoisotopic (exact) mass is 332 g/mol. The van der Waals surface area contributed by atoms with Crippen LogP contribution < -0.4 is 4.72 Å². The van der Waals surface area contributed by atoms with Crippen molar-refractivity contribution in [2.24, 2.45) is 5.92 Å². The van der Waals surface area contributed by atoms with E-state index in [1.165, 1.54) is 10.9 Å². The Hall–Kier alpha value is -1.48. The molecule has 1 atom stereocenters. The molecule has 1 N–H and O–H groups in total.